The maximum absolute atomic E-state index is 14.4. The fraction of sp³-hybridized carbons (Fsp3) is 0.375. The first-order chi connectivity index (χ1) is 14.0. The zero-order valence-corrected chi connectivity index (χ0v) is 16.4. The Morgan fingerprint density at radius 2 is 1.76 bits per heavy atom. The Morgan fingerprint density at radius 3 is 2.48 bits per heavy atom. The first-order valence-electron chi connectivity index (χ1n) is 10.3. The summed E-state index contributed by atoms with van der Waals surface area (Å²) in [5.41, 5.74) is 8.15. The van der Waals surface area contributed by atoms with Crippen LogP contribution in [0.2, 0.25) is 0 Å². The summed E-state index contributed by atoms with van der Waals surface area (Å²) in [6.45, 7) is 0.221. The predicted molar refractivity (Wildman–Crippen MR) is 110 cm³/mol. The van der Waals surface area contributed by atoms with Gasteiger partial charge in [0.1, 0.15) is 11.6 Å². The van der Waals surface area contributed by atoms with Gasteiger partial charge in [-0.05, 0) is 48.1 Å². The molecule has 2 aromatic carbocycles. The number of rotatable bonds is 4. The van der Waals surface area contributed by atoms with E-state index in [0.29, 0.717) is 5.57 Å². The second-order valence-corrected chi connectivity index (χ2v) is 8.06. The second kappa shape index (κ2) is 8.46. The highest BCUT2D eigenvalue weighted by Crippen LogP contribution is 2.37. The van der Waals surface area contributed by atoms with E-state index in [2.05, 4.69) is 0 Å². The Labute approximate surface area is 170 Å². The summed E-state index contributed by atoms with van der Waals surface area (Å²) < 4.78 is 28.1. The molecule has 29 heavy (non-hydrogen) atoms. The Morgan fingerprint density at radius 1 is 1.03 bits per heavy atom. The maximum Gasteiger partial charge on any atom is 0.240 e. The number of benzene rings is 2. The molecule has 2 aromatic rings. The van der Waals surface area contributed by atoms with Gasteiger partial charge in [-0.25, -0.2) is 8.78 Å². The second-order valence-electron chi connectivity index (χ2n) is 8.06. The Kier molecular flexibility index (Phi) is 5.76. The quantitative estimate of drug-likeness (QED) is 0.804. The predicted octanol–water partition coefficient (Wildman–Crippen LogP) is 4.84. The van der Waals surface area contributed by atoms with E-state index in [4.69, 9.17) is 5.73 Å². The van der Waals surface area contributed by atoms with Crippen LogP contribution in [-0.2, 0) is 4.79 Å². The lowest BCUT2D eigenvalue weighted by Gasteiger charge is -2.33. The molecule has 0 bridgehead atoms. The van der Waals surface area contributed by atoms with Crippen molar-refractivity contribution in [1.29, 1.82) is 0 Å². The molecule has 0 spiro atoms. The van der Waals surface area contributed by atoms with Gasteiger partial charge in [0.2, 0.25) is 5.91 Å². The van der Waals surface area contributed by atoms with Gasteiger partial charge in [0.15, 0.2) is 0 Å². The van der Waals surface area contributed by atoms with E-state index in [-0.39, 0.29) is 30.0 Å². The summed E-state index contributed by atoms with van der Waals surface area (Å²) in [7, 11) is 0. The zero-order chi connectivity index (χ0) is 20.4. The fourth-order valence-electron chi connectivity index (χ4n) is 4.56. The van der Waals surface area contributed by atoms with Crippen LogP contribution in [0.3, 0.4) is 0 Å². The van der Waals surface area contributed by atoms with E-state index in [9.17, 15) is 13.6 Å². The van der Waals surface area contributed by atoms with E-state index in [1.807, 2.05) is 36.4 Å². The van der Waals surface area contributed by atoms with Gasteiger partial charge in [0, 0.05) is 12.1 Å². The molecule has 152 valence electrons. The highest BCUT2D eigenvalue weighted by atomic mass is 19.1. The normalized spacial score (nSPS) is 21.1. The van der Waals surface area contributed by atoms with Gasteiger partial charge in [-0.2, -0.15) is 0 Å². The van der Waals surface area contributed by atoms with Gasteiger partial charge < -0.3 is 10.6 Å². The van der Waals surface area contributed by atoms with Crippen molar-refractivity contribution in [2.75, 3.05) is 6.54 Å². The fourth-order valence-corrected chi connectivity index (χ4v) is 4.56. The smallest absolute Gasteiger partial charge is 0.240 e. The van der Waals surface area contributed by atoms with Gasteiger partial charge in [-0.1, -0.05) is 55.7 Å². The van der Waals surface area contributed by atoms with Crippen molar-refractivity contribution in [3.05, 3.63) is 77.4 Å². The van der Waals surface area contributed by atoms with Crippen LogP contribution < -0.4 is 5.73 Å². The van der Waals surface area contributed by atoms with Crippen LogP contribution in [-0.4, -0.2) is 23.4 Å². The molecule has 2 N–H and O–H groups in total. The molecule has 1 unspecified atom stereocenters. The summed E-state index contributed by atoms with van der Waals surface area (Å²) in [5, 5.41) is 0. The van der Waals surface area contributed by atoms with Crippen LogP contribution in [0.15, 0.2) is 54.6 Å². The molecule has 0 aromatic heterocycles. The van der Waals surface area contributed by atoms with E-state index in [0.717, 1.165) is 43.4 Å². The largest absolute Gasteiger partial charge is 0.326 e. The van der Waals surface area contributed by atoms with Crippen LogP contribution in [0, 0.1) is 17.6 Å². The van der Waals surface area contributed by atoms with Crippen molar-refractivity contribution in [3.63, 3.8) is 0 Å². The van der Waals surface area contributed by atoms with Gasteiger partial charge in [-0.15, -0.1) is 0 Å². The Hall–Kier alpha value is -2.53. The topological polar surface area (TPSA) is 46.3 Å². The van der Waals surface area contributed by atoms with Gasteiger partial charge in [0.05, 0.1) is 12.1 Å². The Bertz CT molecular complexity index is 906. The molecule has 1 aliphatic carbocycles. The summed E-state index contributed by atoms with van der Waals surface area (Å²) in [4.78, 5) is 15.1. The molecule has 0 radical (unpaired) electrons. The van der Waals surface area contributed by atoms with Crippen molar-refractivity contribution in [1.82, 2.24) is 4.90 Å². The molecule has 1 aliphatic heterocycles. The number of halogens is 2. The summed E-state index contributed by atoms with van der Waals surface area (Å²) >= 11 is 0. The molecular weight excluding hydrogens is 370 g/mol. The maximum atomic E-state index is 14.4. The molecule has 1 saturated carbocycles. The highest BCUT2D eigenvalue weighted by molar-refractivity contribution is 5.87. The van der Waals surface area contributed by atoms with E-state index < -0.39 is 17.7 Å². The number of hydrogen-bond acceptors (Lipinski definition) is 2. The van der Waals surface area contributed by atoms with Crippen LogP contribution in [0.4, 0.5) is 8.78 Å². The summed E-state index contributed by atoms with van der Waals surface area (Å²) in [5.74, 6) is -0.922. The van der Waals surface area contributed by atoms with Crippen LogP contribution >= 0.6 is 0 Å². The number of hydrogen-bond donors (Lipinski definition) is 1. The summed E-state index contributed by atoms with van der Waals surface area (Å²) in [6, 6.07) is 12.1. The van der Waals surface area contributed by atoms with E-state index in [1.165, 1.54) is 12.5 Å². The SMILES string of the molecule is N[C@H](C(=O)N1CC(c2cc(F)ccc2F)=CC1c1ccccc1)C1CCCCC1. The van der Waals surface area contributed by atoms with E-state index in [1.54, 1.807) is 4.90 Å². The van der Waals surface area contributed by atoms with Gasteiger partial charge in [0.25, 0.3) is 0 Å². The monoisotopic (exact) mass is 396 g/mol. The van der Waals surface area contributed by atoms with Crippen LogP contribution in [0.5, 0.6) is 0 Å². The lowest BCUT2D eigenvalue weighted by Crippen LogP contribution is -2.48. The third-order valence-corrected chi connectivity index (χ3v) is 6.18. The minimum Gasteiger partial charge on any atom is -0.326 e. The molecule has 2 aliphatic rings. The first kappa shape index (κ1) is 19.8. The van der Waals surface area contributed by atoms with Gasteiger partial charge in [-0.3, -0.25) is 4.79 Å². The molecule has 1 amide bonds. The molecule has 5 heteroatoms. The lowest BCUT2D eigenvalue weighted by atomic mass is 9.83. The highest BCUT2D eigenvalue weighted by Gasteiger charge is 2.36. The molecule has 4 rings (SSSR count). The number of nitrogens with two attached hydrogens (primary N) is 1. The molecule has 2 atom stereocenters. The number of carbonyl (C=O) groups excluding carboxylic acids is 1. The van der Waals surface area contributed by atoms with Crippen molar-refractivity contribution < 1.29 is 13.6 Å². The minimum absolute atomic E-state index is 0.117. The Balaban J connectivity index is 1.65. The average Bonchev–Trinajstić information content (AvgIpc) is 3.21. The third kappa shape index (κ3) is 4.10. The van der Waals surface area contributed by atoms with Crippen molar-refractivity contribution in [2.45, 2.75) is 44.2 Å². The first-order valence-corrected chi connectivity index (χ1v) is 10.3. The zero-order valence-electron chi connectivity index (χ0n) is 16.4. The number of carbonyl (C=O) groups is 1. The summed E-state index contributed by atoms with van der Waals surface area (Å²) in [6.07, 6.45) is 7.19. The van der Waals surface area contributed by atoms with Crippen molar-refractivity contribution in [2.24, 2.45) is 11.7 Å². The molecular formula is C24H26F2N2O. The molecule has 1 heterocycles. The van der Waals surface area contributed by atoms with Crippen LogP contribution in [0.25, 0.3) is 5.57 Å². The average molecular weight is 396 g/mol. The lowest BCUT2D eigenvalue weighted by molar-refractivity contribution is -0.134. The third-order valence-electron chi connectivity index (χ3n) is 6.18. The van der Waals surface area contributed by atoms with Gasteiger partial charge >= 0.3 is 0 Å². The number of amides is 1. The number of nitrogens with zero attached hydrogens (tertiary/aromatic N) is 1. The molecule has 3 nitrogen and oxygen atoms in total. The van der Waals surface area contributed by atoms with E-state index >= 15 is 0 Å². The minimum atomic E-state index is -0.563. The van der Waals surface area contributed by atoms with Crippen LogP contribution in [0.1, 0.15) is 49.3 Å². The van der Waals surface area contributed by atoms with Crippen molar-refractivity contribution >= 4 is 11.5 Å². The van der Waals surface area contributed by atoms with Crippen molar-refractivity contribution in [3.8, 4) is 0 Å². The molecule has 0 saturated heterocycles. The standard InChI is InChI=1S/C24H26F2N2O/c25-19-11-12-21(26)20(14-19)18-13-22(16-7-3-1-4-8-16)28(15-18)24(29)23(27)17-9-5-2-6-10-17/h1,3-4,7-8,11-14,17,22-23H,2,5-6,9-10,15,27H2/t22?,23-/m0/s1. The molecule has 1 fully saturated rings.